The van der Waals surface area contributed by atoms with Gasteiger partial charge >= 0.3 is 0 Å². The van der Waals surface area contributed by atoms with Crippen LogP contribution in [0.1, 0.15) is 24.1 Å². The number of nitrogens with zero attached hydrogens (tertiary/aromatic N) is 1. The van der Waals surface area contributed by atoms with E-state index in [1.165, 1.54) is 19.1 Å². The number of aromatic nitrogens is 1. The third-order valence-electron chi connectivity index (χ3n) is 6.00. The Morgan fingerprint density at radius 1 is 1.12 bits per heavy atom. The second-order valence-electron chi connectivity index (χ2n) is 8.28. The van der Waals surface area contributed by atoms with Gasteiger partial charge in [-0.25, -0.2) is 4.39 Å². The van der Waals surface area contributed by atoms with Crippen molar-refractivity contribution in [1.82, 2.24) is 20.5 Å². The molecule has 0 spiro atoms. The molecule has 2 atom stereocenters. The smallest absolute Gasteiger partial charge is 0.242 e. The van der Waals surface area contributed by atoms with Crippen LogP contribution in [0.25, 0.3) is 10.9 Å². The van der Waals surface area contributed by atoms with Gasteiger partial charge in [-0.3, -0.25) is 14.5 Å². The van der Waals surface area contributed by atoms with Crippen molar-refractivity contribution in [1.29, 1.82) is 0 Å². The summed E-state index contributed by atoms with van der Waals surface area (Å²) in [5.41, 5.74) is 2.87. The highest BCUT2D eigenvalue weighted by molar-refractivity contribution is 5.89. The van der Waals surface area contributed by atoms with E-state index >= 15 is 0 Å². The van der Waals surface area contributed by atoms with Crippen LogP contribution in [0.2, 0.25) is 0 Å². The summed E-state index contributed by atoms with van der Waals surface area (Å²) in [6.07, 6.45) is 2.25. The normalized spacial score (nSPS) is 16.3. The van der Waals surface area contributed by atoms with Crippen molar-refractivity contribution in [3.8, 4) is 0 Å². The maximum Gasteiger partial charge on any atom is 0.242 e. The summed E-state index contributed by atoms with van der Waals surface area (Å²) < 4.78 is 18.9. The van der Waals surface area contributed by atoms with Crippen molar-refractivity contribution >= 4 is 22.7 Å². The van der Waals surface area contributed by atoms with E-state index in [-0.39, 0.29) is 23.7 Å². The lowest BCUT2D eigenvalue weighted by Crippen LogP contribution is -2.50. The summed E-state index contributed by atoms with van der Waals surface area (Å²) in [6.45, 7) is 4.42. The molecule has 4 rings (SSSR count). The summed E-state index contributed by atoms with van der Waals surface area (Å²) >= 11 is 0. The maximum absolute atomic E-state index is 13.5. The van der Waals surface area contributed by atoms with Crippen molar-refractivity contribution in [2.75, 3.05) is 32.8 Å². The lowest BCUT2D eigenvalue weighted by atomic mass is 10.0. The second-order valence-corrected chi connectivity index (χ2v) is 8.28. The predicted octanol–water partition coefficient (Wildman–Crippen LogP) is 2.54. The SMILES string of the molecule is CC(=O)NC(Cc1c[nH]c2ccccc12)C(=O)NCC(c1ccc(F)cc1)N1CCOCC1. The molecule has 7 nitrogen and oxygen atoms in total. The molecule has 3 N–H and O–H groups in total. The van der Waals surface area contributed by atoms with Crippen LogP contribution in [-0.2, 0) is 20.7 Å². The van der Waals surface area contributed by atoms with Gasteiger partial charge in [0, 0.05) is 50.1 Å². The minimum Gasteiger partial charge on any atom is -0.379 e. The van der Waals surface area contributed by atoms with Gasteiger partial charge in [0.1, 0.15) is 11.9 Å². The molecule has 1 aromatic heterocycles. The number of carbonyl (C=O) groups is 2. The molecule has 33 heavy (non-hydrogen) atoms. The summed E-state index contributed by atoms with van der Waals surface area (Å²) in [5.74, 6) is -0.818. The van der Waals surface area contributed by atoms with Gasteiger partial charge in [0.25, 0.3) is 0 Å². The molecule has 1 fully saturated rings. The van der Waals surface area contributed by atoms with Gasteiger partial charge in [0.2, 0.25) is 11.8 Å². The van der Waals surface area contributed by atoms with Gasteiger partial charge in [-0.15, -0.1) is 0 Å². The van der Waals surface area contributed by atoms with E-state index in [9.17, 15) is 14.0 Å². The molecule has 0 bridgehead atoms. The summed E-state index contributed by atoms with van der Waals surface area (Å²) in [6, 6.07) is 13.4. The van der Waals surface area contributed by atoms with Crippen LogP contribution in [-0.4, -0.2) is 60.6 Å². The van der Waals surface area contributed by atoms with E-state index in [1.807, 2.05) is 30.5 Å². The second kappa shape index (κ2) is 10.6. The number of H-pyrrole nitrogens is 1. The Hall–Kier alpha value is -3.23. The number of hydrogen-bond donors (Lipinski definition) is 3. The number of rotatable bonds is 8. The molecular weight excluding hydrogens is 423 g/mol. The molecule has 174 valence electrons. The van der Waals surface area contributed by atoms with E-state index < -0.39 is 6.04 Å². The van der Waals surface area contributed by atoms with Gasteiger partial charge in [-0.1, -0.05) is 30.3 Å². The van der Waals surface area contributed by atoms with Gasteiger partial charge in [-0.2, -0.15) is 0 Å². The average Bonchev–Trinajstić information content (AvgIpc) is 3.23. The Labute approximate surface area is 192 Å². The van der Waals surface area contributed by atoms with Crippen LogP contribution in [0, 0.1) is 5.82 Å². The molecule has 1 aliphatic heterocycles. The fourth-order valence-electron chi connectivity index (χ4n) is 4.33. The number of halogens is 1. The van der Waals surface area contributed by atoms with Crippen LogP contribution < -0.4 is 10.6 Å². The minimum atomic E-state index is -0.708. The minimum absolute atomic E-state index is 0.121. The summed E-state index contributed by atoms with van der Waals surface area (Å²) in [4.78, 5) is 30.4. The Kier molecular flexibility index (Phi) is 7.36. The van der Waals surface area contributed by atoms with E-state index in [0.29, 0.717) is 26.2 Å². The molecule has 2 unspecified atom stereocenters. The van der Waals surface area contributed by atoms with Crippen molar-refractivity contribution < 1.29 is 18.7 Å². The molecule has 0 aliphatic carbocycles. The number of benzene rings is 2. The predicted molar refractivity (Wildman–Crippen MR) is 124 cm³/mol. The molecule has 0 saturated carbocycles. The first kappa shape index (κ1) is 22.9. The average molecular weight is 453 g/mol. The number of carbonyl (C=O) groups excluding carboxylic acids is 2. The highest BCUT2D eigenvalue weighted by atomic mass is 19.1. The number of amides is 2. The monoisotopic (exact) mass is 452 g/mol. The molecule has 0 radical (unpaired) electrons. The van der Waals surface area contributed by atoms with Crippen molar-refractivity contribution in [2.45, 2.75) is 25.4 Å². The Morgan fingerprint density at radius 2 is 1.85 bits per heavy atom. The number of fused-ring (bicyclic) bond motifs is 1. The first-order valence-corrected chi connectivity index (χ1v) is 11.2. The van der Waals surface area contributed by atoms with Gasteiger partial charge in [0.15, 0.2) is 0 Å². The largest absolute Gasteiger partial charge is 0.379 e. The van der Waals surface area contributed by atoms with E-state index in [1.54, 1.807) is 12.1 Å². The lowest BCUT2D eigenvalue weighted by molar-refractivity contribution is -0.128. The fourth-order valence-corrected chi connectivity index (χ4v) is 4.33. The number of nitrogens with one attached hydrogen (secondary N) is 3. The fraction of sp³-hybridized carbons (Fsp3) is 0.360. The molecule has 2 heterocycles. The van der Waals surface area contributed by atoms with Gasteiger partial charge < -0.3 is 20.4 Å². The molecule has 3 aromatic rings. The first-order valence-electron chi connectivity index (χ1n) is 11.2. The molecule has 2 aromatic carbocycles. The van der Waals surface area contributed by atoms with Crippen molar-refractivity contribution in [3.63, 3.8) is 0 Å². The number of hydrogen-bond acceptors (Lipinski definition) is 4. The highest BCUT2D eigenvalue weighted by Crippen LogP contribution is 2.22. The molecule has 8 heteroatoms. The van der Waals surface area contributed by atoms with Crippen LogP contribution in [0.5, 0.6) is 0 Å². The zero-order valence-electron chi connectivity index (χ0n) is 18.6. The standard InChI is InChI=1S/C25H29FN4O3/c1-17(31)29-23(14-19-15-27-22-5-3-2-4-21(19)22)25(32)28-16-24(30-10-12-33-13-11-30)18-6-8-20(26)9-7-18/h2-9,15,23-24,27H,10-14,16H2,1H3,(H,28,32)(H,29,31). The van der Waals surface area contributed by atoms with Crippen LogP contribution in [0.15, 0.2) is 54.7 Å². The zero-order chi connectivity index (χ0) is 23.2. The third-order valence-corrected chi connectivity index (χ3v) is 6.00. The van der Waals surface area contributed by atoms with Crippen LogP contribution in [0.3, 0.4) is 0 Å². The zero-order valence-corrected chi connectivity index (χ0v) is 18.6. The molecule has 2 amide bonds. The van der Waals surface area contributed by atoms with Crippen LogP contribution in [0.4, 0.5) is 4.39 Å². The highest BCUT2D eigenvalue weighted by Gasteiger charge is 2.26. The third kappa shape index (κ3) is 5.77. The number of morpholine rings is 1. The summed E-state index contributed by atoms with van der Waals surface area (Å²) in [7, 11) is 0. The number of para-hydroxylation sites is 1. The van der Waals surface area contributed by atoms with E-state index in [4.69, 9.17) is 4.74 Å². The van der Waals surface area contributed by atoms with E-state index in [0.717, 1.165) is 35.1 Å². The maximum atomic E-state index is 13.5. The van der Waals surface area contributed by atoms with Crippen LogP contribution >= 0.6 is 0 Å². The quantitative estimate of drug-likeness (QED) is 0.490. The number of ether oxygens (including phenoxy) is 1. The molecular formula is C25H29FN4O3. The van der Waals surface area contributed by atoms with Crippen molar-refractivity contribution in [2.24, 2.45) is 0 Å². The number of aromatic amines is 1. The topological polar surface area (TPSA) is 86.5 Å². The Bertz CT molecular complexity index is 1090. The lowest BCUT2D eigenvalue weighted by Gasteiger charge is -2.35. The summed E-state index contributed by atoms with van der Waals surface area (Å²) in [5, 5.41) is 6.83. The van der Waals surface area contributed by atoms with E-state index in [2.05, 4.69) is 20.5 Å². The molecule has 1 aliphatic rings. The first-order chi connectivity index (χ1) is 16.0. The van der Waals surface area contributed by atoms with Crippen molar-refractivity contribution in [3.05, 3.63) is 71.7 Å². The van der Waals surface area contributed by atoms with Gasteiger partial charge in [0.05, 0.1) is 19.3 Å². The molecule has 1 saturated heterocycles. The van der Waals surface area contributed by atoms with Gasteiger partial charge in [-0.05, 0) is 29.3 Å². The Morgan fingerprint density at radius 3 is 2.58 bits per heavy atom. The Balaban J connectivity index is 1.49.